The fourth-order valence-electron chi connectivity index (χ4n) is 1.06. The molecule has 0 heterocycles. The molecule has 0 bridgehead atoms. The lowest BCUT2D eigenvalue weighted by Gasteiger charge is -2.09. The zero-order valence-corrected chi connectivity index (χ0v) is 9.88. The van der Waals surface area contributed by atoms with E-state index in [1.54, 1.807) is 6.92 Å². The smallest absolute Gasteiger partial charge is 0.314 e. The number of hydrogen-bond donors (Lipinski definition) is 4. The maximum atomic E-state index is 11.2. The van der Waals surface area contributed by atoms with Crippen LogP contribution >= 0.6 is 0 Å². The third-order valence-corrected chi connectivity index (χ3v) is 2.17. The van der Waals surface area contributed by atoms with Crippen LogP contribution in [0.2, 0.25) is 0 Å². The second-order valence-electron chi connectivity index (χ2n) is 3.67. The number of carbonyl (C=O) groups is 2. The summed E-state index contributed by atoms with van der Waals surface area (Å²) in [4.78, 5) is 21.7. The highest BCUT2D eigenvalue weighted by Crippen LogP contribution is 1.99. The molecule has 2 amide bonds. The molecule has 6 nitrogen and oxygen atoms in total. The summed E-state index contributed by atoms with van der Waals surface area (Å²) >= 11 is 0. The molecular weight excluding hydrogens is 210 g/mol. The Labute approximate surface area is 95.8 Å². The SMILES string of the molecule is CNCCCNC(=O)NCCC(C)C(=O)O. The van der Waals surface area contributed by atoms with E-state index in [9.17, 15) is 9.59 Å². The van der Waals surface area contributed by atoms with E-state index in [4.69, 9.17) is 5.11 Å². The van der Waals surface area contributed by atoms with Crippen molar-refractivity contribution in [3.8, 4) is 0 Å². The standard InChI is InChI=1S/C10H21N3O3/c1-8(9(14)15)4-7-13-10(16)12-6-3-5-11-2/h8,11H,3-7H2,1-2H3,(H,14,15)(H2,12,13,16). The van der Waals surface area contributed by atoms with Gasteiger partial charge >= 0.3 is 12.0 Å². The Kier molecular flexibility index (Phi) is 8.24. The van der Waals surface area contributed by atoms with Gasteiger partial charge in [0.2, 0.25) is 0 Å². The Morgan fingerprint density at radius 3 is 2.38 bits per heavy atom. The molecule has 0 aliphatic heterocycles. The Bertz CT molecular complexity index is 221. The molecule has 0 aromatic heterocycles. The van der Waals surface area contributed by atoms with Crippen LogP contribution in [-0.2, 0) is 4.79 Å². The largest absolute Gasteiger partial charge is 0.481 e. The van der Waals surface area contributed by atoms with Gasteiger partial charge in [-0.1, -0.05) is 6.92 Å². The van der Waals surface area contributed by atoms with Gasteiger partial charge in [-0.2, -0.15) is 0 Å². The summed E-state index contributed by atoms with van der Waals surface area (Å²) in [6, 6.07) is -0.242. The van der Waals surface area contributed by atoms with Crippen LogP contribution in [0.25, 0.3) is 0 Å². The maximum absolute atomic E-state index is 11.2. The van der Waals surface area contributed by atoms with Crippen LogP contribution in [0.5, 0.6) is 0 Å². The normalized spacial score (nSPS) is 11.9. The van der Waals surface area contributed by atoms with Crippen molar-refractivity contribution < 1.29 is 14.7 Å². The molecule has 94 valence electrons. The van der Waals surface area contributed by atoms with Crippen LogP contribution in [0, 0.1) is 5.92 Å². The van der Waals surface area contributed by atoms with E-state index >= 15 is 0 Å². The number of aliphatic carboxylic acids is 1. The van der Waals surface area contributed by atoms with Gasteiger partial charge in [0.05, 0.1) is 5.92 Å². The van der Waals surface area contributed by atoms with Gasteiger partial charge in [-0.25, -0.2) is 4.79 Å². The van der Waals surface area contributed by atoms with Crippen molar-refractivity contribution >= 4 is 12.0 Å². The monoisotopic (exact) mass is 231 g/mol. The van der Waals surface area contributed by atoms with Gasteiger partial charge in [0.1, 0.15) is 0 Å². The number of hydrogen-bond acceptors (Lipinski definition) is 3. The van der Waals surface area contributed by atoms with Crippen molar-refractivity contribution in [2.45, 2.75) is 19.8 Å². The van der Waals surface area contributed by atoms with E-state index < -0.39 is 11.9 Å². The molecule has 16 heavy (non-hydrogen) atoms. The van der Waals surface area contributed by atoms with Crippen LogP contribution in [0.3, 0.4) is 0 Å². The number of carboxylic acid groups (broad SMARTS) is 1. The van der Waals surface area contributed by atoms with Crippen molar-refractivity contribution in [2.24, 2.45) is 5.92 Å². The minimum Gasteiger partial charge on any atom is -0.481 e. The minimum absolute atomic E-state index is 0.242. The van der Waals surface area contributed by atoms with E-state index in [1.807, 2.05) is 7.05 Å². The maximum Gasteiger partial charge on any atom is 0.314 e. The van der Waals surface area contributed by atoms with Crippen molar-refractivity contribution in [3.05, 3.63) is 0 Å². The highest BCUT2D eigenvalue weighted by atomic mass is 16.4. The summed E-state index contributed by atoms with van der Waals surface area (Å²) < 4.78 is 0. The number of rotatable bonds is 8. The van der Waals surface area contributed by atoms with Crippen LogP contribution in [-0.4, -0.2) is 43.8 Å². The second-order valence-corrected chi connectivity index (χ2v) is 3.67. The number of nitrogens with one attached hydrogen (secondary N) is 3. The van der Waals surface area contributed by atoms with Gasteiger partial charge in [-0.3, -0.25) is 4.79 Å². The summed E-state index contributed by atoms with van der Waals surface area (Å²) in [5.74, 6) is -1.26. The highest BCUT2D eigenvalue weighted by molar-refractivity contribution is 5.74. The summed E-state index contributed by atoms with van der Waals surface area (Å²) in [7, 11) is 1.85. The quantitative estimate of drug-likeness (QED) is 0.443. The molecule has 0 rings (SSSR count). The molecule has 4 N–H and O–H groups in total. The summed E-state index contributed by atoms with van der Waals surface area (Å²) in [6.45, 7) is 3.47. The van der Waals surface area contributed by atoms with Crippen LogP contribution in [0.1, 0.15) is 19.8 Å². The van der Waals surface area contributed by atoms with Gasteiger partial charge in [0.15, 0.2) is 0 Å². The van der Waals surface area contributed by atoms with Crippen molar-refractivity contribution in [1.82, 2.24) is 16.0 Å². The molecule has 0 aliphatic carbocycles. The lowest BCUT2D eigenvalue weighted by Crippen LogP contribution is -2.37. The fraction of sp³-hybridized carbons (Fsp3) is 0.800. The number of carboxylic acids is 1. The van der Waals surface area contributed by atoms with Crippen LogP contribution in [0.15, 0.2) is 0 Å². The molecule has 0 radical (unpaired) electrons. The van der Waals surface area contributed by atoms with E-state index in [-0.39, 0.29) is 6.03 Å². The lowest BCUT2D eigenvalue weighted by molar-refractivity contribution is -0.141. The first-order valence-electron chi connectivity index (χ1n) is 5.47. The Balaban J connectivity index is 3.40. The molecule has 1 atom stereocenters. The second kappa shape index (κ2) is 8.96. The molecule has 0 aromatic rings. The minimum atomic E-state index is -0.837. The summed E-state index contributed by atoms with van der Waals surface area (Å²) in [5, 5.41) is 16.9. The van der Waals surface area contributed by atoms with Crippen molar-refractivity contribution in [3.63, 3.8) is 0 Å². The predicted molar refractivity (Wildman–Crippen MR) is 61.4 cm³/mol. The predicted octanol–water partition coefficient (Wildman–Crippen LogP) is 0.00590. The van der Waals surface area contributed by atoms with Gasteiger partial charge in [-0.15, -0.1) is 0 Å². The molecular formula is C10H21N3O3. The van der Waals surface area contributed by atoms with Gasteiger partial charge in [-0.05, 0) is 26.4 Å². The third-order valence-electron chi connectivity index (χ3n) is 2.17. The van der Waals surface area contributed by atoms with Crippen molar-refractivity contribution in [2.75, 3.05) is 26.7 Å². The molecule has 0 spiro atoms. The molecule has 0 saturated heterocycles. The average molecular weight is 231 g/mol. The number of amides is 2. The van der Waals surface area contributed by atoms with Gasteiger partial charge < -0.3 is 21.1 Å². The topological polar surface area (TPSA) is 90.5 Å². The Morgan fingerprint density at radius 1 is 1.19 bits per heavy atom. The van der Waals surface area contributed by atoms with E-state index in [2.05, 4.69) is 16.0 Å². The van der Waals surface area contributed by atoms with E-state index in [0.29, 0.717) is 19.5 Å². The highest BCUT2D eigenvalue weighted by Gasteiger charge is 2.10. The van der Waals surface area contributed by atoms with Crippen molar-refractivity contribution in [1.29, 1.82) is 0 Å². The molecule has 0 fully saturated rings. The third kappa shape index (κ3) is 8.05. The first-order valence-corrected chi connectivity index (χ1v) is 5.47. The first kappa shape index (κ1) is 14.7. The zero-order valence-electron chi connectivity index (χ0n) is 9.88. The lowest BCUT2D eigenvalue weighted by atomic mass is 10.1. The number of carbonyl (C=O) groups excluding carboxylic acids is 1. The van der Waals surface area contributed by atoms with Crippen LogP contribution in [0.4, 0.5) is 4.79 Å². The first-order chi connectivity index (χ1) is 7.57. The molecule has 0 aliphatic rings. The summed E-state index contributed by atoms with van der Waals surface area (Å²) in [6.07, 6.45) is 1.31. The Morgan fingerprint density at radius 2 is 1.81 bits per heavy atom. The van der Waals surface area contributed by atoms with Gasteiger partial charge in [0, 0.05) is 13.1 Å². The Hall–Kier alpha value is -1.30. The van der Waals surface area contributed by atoms with Gasteiger partial charge in [0.25, 0.3) is 0 Å². The molecule has 1 unspecified atom stereocenters. The van der Waals surface area contributed by atoms with E-state index in [1.165, 1.54) is 0 Å². The molecule has 0 aromatic carbocycles. The zero-order chi connectivity index (χ0) is 12.4. The van der Waals surface area contributed by atoms with Crippen LogP contribution < -0.4 is 16.0 Å². The fourth-order valence-corrected chi connectivity index (χ4v) is 1.06. The van der Waals surface area contributed by atoms with E-state index in [0.717, 1.165) is 13.0 Å². The molecule has 0 saturated carbocycles. The number of urea groups is 1. The molecule has 6 heteroatoms. The average Bonchev–Trinajstić information content (AvgIpc) is 2.24. The summed E-state index contributed by atoms with van der Waals surface area (Å²) in [5.41, 5.74) is 0.